The van der Waals surface area contributed by atoms with Crippen molar-refractivity contribution in [2.75, 3.05) is 33.2 Å². The minimum absolute atomic E-state index is 0.182. The zero-order valence-electron chi connectivity index (χ0n) is 24.2. The Morgan fingerprint density at radius 2 is 1.74 bits per heavy atom. The van der Waals surface area contributed by atoms with E-state index in [0.717, 1.165) is 37.1 Å². The van der Waals surface area contributed by atoms with Crippen molar-refractivity contribution in [3.8, 4) is 0 Å². The first-order valence-electron chi connectivity index (χ1n) is 14.7. The first-order chi connectivity index (χ1) is 20.2. The molecule has 0 aromatic heterocycles. The van der Waals surface area contributed by atoms with Crippen LogP contribution in [0.4, 0.5) is 13.2 Å². The number of nitrogens with one attached hydrogen (secondary N) is 3. The van der Waals surface area contributed by atoms with Crippen LogP contribution >= 0.6 is 0 Å². The van der Waals surface area contributed by atoms with Crippen molar-refractivity contribution < 1.29 is 27.6 Å². The van der Waals surface area contributed by atoms with Crippen LogP contribution in [0.3, 0.4) is 0 Å². The Kier molecular flexibility index (Phi) is 11.0. The fourth-order valence-corrected chi connectivity index (χ4v) is 5.91. The minimum atomic E-state index is -0.968. The highest BCUT2D eigenvalue weighted by Gasteiger charge is 2.38. The molecule has 3 amide bonds. The lowest BCUT2D eigenvalue weighted by Crippen LogP contribution is -2.63. The Labute approximate surface area is 245 Å². The van der Waals surface area contributed by atoms with E-state index in [-0.39, 0.29) is 48.5 Å². The molecule has 2 heterocycles. The number of piperazine rings is 1. The number of nitrogens with zero attached hydrogens (tertiary/aromatic N) is 2. The molecule has 2 aliphatic heterocycles. The van der Waals surface area contributed by atoms with Gasteiger partial charge in [-0.25, -0.2) is 13.2 Å². The van der Waals surface area contributed by atoms with Crippen LogP contribution in [0.2, 0.25) is 0 Å². The summed E-state index contributed by atoms with van der Waals surface area (Å²) in [4.78, 5) is 43.9. The van der Waals surface area contributed by atoms with E-state index < -0.39 is 23.7 Å². The van der Waals surface area contributed by atoms with E-state index >= 15 is 0 Å². The number of hydrogen-bond donors (Lipinski definition) is 3. The van der Waals surface area contributed by atoms with Crippen LogP contribution in [-0.4, -0.2) is 84.9 Å². The lowest BCUT2D eigenvalue weighted by Gasteiger charge is -2.45. The smallest absolute Gasteiger partial charge is 0.245 e. The maximum absolute atomic E-state index is 14.1. The maximum Gasteiger partial charge on any atom is 0.245 e. The number of carbonyl (C=O) groups is 3. The highest BCUT2D eigenvalue weighted by Crippen LogP contribution is 2.22. The van der Waals surface area contributed by atoms with Gasteiger partial charge in [0, 0.05) is 39.1 Å². The van der Waals surface area contributed by atoms with Crippen LogP contribution in [0.1, 0.15) is 43.7 Å². The van der Waals surface area contributed by atoms with Gasteiger partial charge in [0.1, 0.15) is 11.9 Å². The average Bonchev–Trinajstić information content (AvgIpc) is 3.53. The van der Waals surface area contributed by atoms with Gasteiger partial charge in [0.15, 0.2) is 11.6 Å². The number of carbonyl (C=O) groups excluding carboxylic acids is 3. The monoisotopic (exact) mass is 587 g/mol. The summed E-state index contributed by atoms with van der Waals surface area (Å²) in [5.74, 6) is -3.00. The van der Waals surface area contributed by atoms with Crippen LogP contribution in [0, 0.1) is 17.5 Å². The third-order valence-electron chi connectivity index (χ3n) is 8.17. The van der Waals surface area contributed by atoms with Gasteiger partial charge in [-0.1, -0.05) is 31.5 Å². The summed E-state index contributed by atoms with van der Waals surface area (Å²) in [5.41, 5.74) is 1.22. The summed E-state index contributed by atoms with van der Waals surface area (Å²) < 4.78 is 41.0. The van der Waals surface area contributed by atoms with E-state index in [9.17, 15) is 27.6 Å². The van der Waals surface area contributed by atoms with E-state index in [0.29, 0.717) is 38.0 Å². The Hall–Kier alpha value is -3.44. The second-order valence-corrected chi connectivity index (χ2v) is 11.1. The highest BCUT2D eigenvalue weighted by atomic mass is 19.2. The van der Waals surface area contributed by atoms with Crippen molar-refractivity contribution in [1.29, 1.82) is 0 Å². The Morgan fingerprint density at radius 3 is 2.38 bits per heavy atom. The maximum atomic E-state index is 14.1. The zero-order chi connectivity index (χ0) is 30.2. The Bertz CT molecular complexity index is 1240. The molecule has 8 nitrogen and oxygen atoms in total. The SMILES string of the molecule is CCCC1CN(C(Cc2ccc(F)c(F)c2)C(=O)NC)CCN1C(=O)C(Cc1ccc(F)cc1)NC(=O)C1CCCN1. The highest BCUT2D eigenvalue weighted by molar-refractivity contribution is 5.90. The summed E-state index contributed by atoms with van der Waals surface area (Å²) in [6.45, 7) is 3.87. The molecule has 2 saturated heterocycles. The third-order valence-corrected chi connectivity index (χ3v) is 8.17. The number of amides is 3. The van der Waals surface area contributed by atoms with Crippen molar-refractivity contribution >= 4 is 17.7 Å². The van der Waals surface area contributed by atoms with Gasteiger partial charge in [-0.15, -0.1) is 0 Å². The van der Waals surface area contributed by atoms with Gasteiger partial charge in [0.2, 0.25) is 17.7 Å². The second-order valence-electron chi connectivity index (χ2n) is 11.1. The normalized spacial score (nSPS) is 20.6. The summed E-state index contributed by atoms with van der Waals surface area (Å²) in [7, 11) is 1.53. The predicted molar refractivity (Wildman–Crippen MR) is 153 cm³/mol. The molecule has 0 spiro atoms. The van der Waals surface area contributed by atoms with Gasteiger partial charge < -0.3 is 20.9 Å². The summed E-state index contributed by atoms with van der Waals surface area (Å²) >= 11 is 0. The van der Waals surface area contributed by atoms with Crippen LogP contribution in [0.5, 0.6) is 0 Å². The molecular formula is C31H40F3N5O3. The zero-order valence-corrected chi connectivity index (χ0v) is 24.2. The average molecular weight is 588 g/mol. The molecule has 0 bridgehead atoms. The molecule has 0 radical (unpaired) electrons. The van der Waals surface area contributed by atoms with Crippen molar-refractivity contribution in [3.63, 3.8) is 0 Å². The molecule has 4 unspecified atom stereocenters. The largest absolute Gasteiger partial charge is 0.358 e. The molecule has 0 aliphatic carbocycles. The molecule has 2 aliphatic rings. The molecule has 4 rings (SSSR count). The number of benzene rings is 2. The van der Waals surface area contributed by atoms with Gasteiger partial charge in [-0.2, -0.15) is 0 Å². The van der Waals surface area contributed by atoms with Crippen LogP contribution in [0.25, 0.3) is 0 Å². The fourth-order valence-electron chi connectivity index (χ4n) is 5.91. The lowest BCUT2D eigenvalue weighted by atomic mass is 9.98. The molecule has 4 atom stereocenters. The quantitative estimate of drug-likeness (QED) is 0.376. The van der Waals surface area contributed by atoms with E-state index in [2.05, 4.69) is 16.0 Å². The molecule has 42 heavy (non-hydrogen) atoms. The van der Waals surface area contributed by atoms with Crippen LogP contribution in [0.15, 0.2) is 42.5 Å². The van der Waals surface area contributed by atoms with Gasteiger partial charge in [-0.05, 0) is 67.6 Å². The number of hydrogen-bond acceptors (Lipinski definition) is 5. The van der Waals surface area contributed by atoms with Crippen molar-refractivity contribution in [2.45, 2.75) is 69.6 Å². The first-order valence-corrected chi connectivity index (χ1v) is 14.7. The topological polar surface area (TPSA) is 93.8 Å². The third kappa shape index (κ3) is 7.89. The standard InChI is InChI=1S/C31H40F3N5O3/c1-3-5-23-19-38(28(30(41)35-2)18-21-9-12-24(33)25(34)16-21)14-15-39(23)31(42)27(17-20-7-10-22(32)11-8-20)37-29(40)26-6-4-13-36-26/h7-12,16,23,26-28,36H,3-6,13-15,17-19H2,1-2H3,(H,35,41)(H,37,40). The van der Waals surface area contributed by atoms with Gasteiger partial charge >= 0.3 is 0 Å². The molecule has 2 aromatic rings. The van der Waals surface area contributed by atoms with E-state index in [1.54, 1.807) is 17.0 Å². The number of rotatable bonds is 11. The minimum Gasteiger partial charge on any atom is -0.358 e. The Morgan fingerprint density at radius 1 is 1.00 bits per heavy atom. The van der Waals surface area contributed by atoms with Crippen LogP contribution < -0.4 is 16.0 Å². The van der Waals surface area contributed by atoms with Gasteiger partial charge in [-0.3, -0.25) is 19.3 Å². The predicted octanol–water partition coefficient (Wildman–Crippen LogP) is 2.55. The molecule has 11 heteroatoms. The number of halogens is 3. The number of likely N-dealkylation sites (N-methyl/N-ethyl adjacent to an activating group) is 1. The van der Waals surface area contributed by atoms with E-state index in [4.69, 9.17) is 0 Å². The van der Waals surface area contributed by atoms with E-state index in [1.807, 2.05) is 11.8 Å². The first kappa shape index (κ1) is 31.5. The van der Waals surface area contributed by atoms with Crippen molar-refractivity contribution in [2.24, 2.45) is 0 Å². The fraction of sp³-hybridized carbons (Fsp3) is 0.516. The van der Waals surface area contributed by atoms with Gasteiger partial charge in [0.05, 0.1) is 12.1 Å². The van der Waals surface area contributed by atoms with Gasteiger partial charge in [0.25, 0.3) is 0 Å². The molecule has 3 N–H and O–H groups in total. The molecule has 2 fully saturated rings. The summed E-state index contributed by atoms with van der Waals surface area (Å²) in [6.07, 6.45) is 3.44. The molecular weight excluding hydrogens is 547 g/mol. The van der Waals surface area contributed by atoms with E-state index in [1.165, 1.54) is 25.2 Å². The molecule has 0 saturated carbocycles. The van der Waals surface area contributed by atoms with Crippen LogP contribution in [-0.2, 0) is 27.2 Å². The lowest BCUT2D eigenvalue weighted by molar-refractivity contribution is -0.142. The second kappa shape index (κ2) is 14.6. The summed E-state index contributed by atoms with van der Waals surface area (Å²) in [5, 5.41) is 8.80. The molecule has 2 aromatic carbocycles. The summed E-state index contributed by atoms with van der Waals surface area (Å²) in [6, 6.07) is 7.46. The van der Waals surface area contributed by atoms with Crippen molar-refractivity contribution in [3.05, 3.63) is 71.0 Å². The Balaban J connectivity index is 1.53. The molecule has 228 valence electrons. The van der Waals surface area contributed by atoms with Crippen molar-refractivity contribution in [1.82, 2.24) is 25.8 Å².